The number of aliphatic carboxylic acids is 1. The van der Waals surface area contributed by atoms with Crippen molar-refractivity contribution in [1.82, 2.24) is 0 Å². The first-order chi connectivity index (χ1) is 6.77. The second-order valence-corrected chi connectivity index (χ2v) is 4.96. The molecule has 0 aliphatic heterocycles. The number of carbonyl (C=O) groups is 2. The van der Waals surface area contributed by atoms with Gasteiger partial charge in [0.05, 0.1) is 13.0 Å². The summed E-state index contributed by atoms with van der Waals surface area (Å²) in [5, 5.41) is 11.1. The van der Waals surface area contributed by atoms with Gasteiger partial charge in [-0.3, -0.25) is 4.79 Å². The molecule has 16 heavy (non-hydrogen) atoms. The molecule has 0 aromatic carbocycles. The summed E-state index contributed by atoms with van der Waals surface area (Å²) in [4.78, 5) is 22.6. The first kappa shape index (κ1) is 15.9. The fourth-order valence-electron chi connectivity index (χ4n) is 2.42. The van der Waals surface area contributed by atoms with Gasteiger partial charge in [-0.1, -0.05) is 20.8 Å². The van der Waals surface area contributed by atoms with E-state index in [0.717, 1.165) is 0 Å². The second-order valence-electron chi connectivity index (χ2n) is 4.96. The van der Waals surface area contributed by atoms with Crippen LogP contribution in [0, 0.1) is 16.7 Å². The van der Waals surface area contributed by atoms with E-state index in [1.807, 2.05) is 0 Å². The molecule has 0 unspecified atom stereocenters. The van der Waals surface area contributed by atoms with E-state index in [4.69, 9.17) is 4.74 Å². The third kappa shape index (κ3) is 2.15. The summed E-state index contributed by atoms with van der Waals surface area (Å²) < 4.78 is 4.69. The molecule has 0 heterocycles. The molecule has 0 aromatic rings. The van der Waals surface area contributed by atoms with Crippen LogP contribution in [0.1, 0.15) is 33.6 Å². The van der Waals surface area contributed by atoms with Gasteiger partial charge < -0.3 is 14.6 Å². The standard InChI is InChI=1S/C11H18O4.Na/c1-10(2)7(8(12)15-4)5-6-11(10,3)9(13)14;/h7H,5-6H2,1-4H3,(H,13,14);/q;+1/p-1/t7-,11+;/m0./s1. The largest absolute Gasteiger partial charge is 1.00 e. The Morgan fingerprint density at radius 3 is 2.12 bits per heavy atom. The monoisotopic (exact) mass is 236 g/mol. The average molecular weight is 236 g/mol. The van der Waals surface area contributed by atoms with Crippen LogP contribution in [-0.2, 0) is 14.3 Å². The molecule has 0 radical (unpaired) electrons. The van der Waals surface area contributed by atoms with E-state index in [9.17, 15) is 14.7 Å². The van der Waals surface area contributed by atoms with Crippen molar-refractivity contribution in [1.29, 1.82) is 0 Å². The molecule has 1 aliphatic rings. The molecule has 2 atom stereocenters. The van der Waals surface area contributed by atoms with Gasteiger partial charge in [-0.05, 0) is 18.3 Å². The average Bonchev–Trinajstić information content (AvgIpc) is 2.39. The van der Waals surface area contributed by atoms with E-state index in [2.05, 4.69) is 0 Å². The van der Waals surface area contributed by atoms with Crippen molar-refractivity contribution >= 4 is 11.9 Å². The number of carboxylic acids is 1. The van der Waals surface area contributed by atoms with Gasteiger partial charge in [0.1, 0.15) is 0 Å². The van der Waals surface area contributed by atoms with Crippen molar-refractivity contribution in [2.45, 2.75) is 33.6 Å². The summed E-state index contributed by atoms with van der Waals surface area (Å²) >= 11 is 0. The smallest absolute Gasteiger partial charge is 0.550 e. The van der Waals surface area contributed by atoms with E-state index < -0.39 is 16.8 Å². The number of carbonyl (C=O) groups excluding carboxylic acids is 2. The second kappa shape index (κ2) is 5.07. The van der Waals surface area contributed by atoms with Gasteiger partial charge in [0.15, 0.2) is 0 Å². The number of esters is 1. The number of rotatable bonds is 2. The Morgan fingerprint density at radius 1 is 1.31 bits per heavy atom. The van der Waals surface area contributed by atoms with E-state index in [1.165, 1.54) is 7.11 Å². The van der Waals surface area contributed by atoms with Gasteiger partial charge in [0, 0.05) is 11.4 Å². The van der Waals surface area contributed by atoms with Crippen molar-refractivity contribution in [3.63, 3.8) is 0 Å². The number of hydrogen-bond acceptors (Lipinski definition) is 4. The van der Waals surface area contributed by atoms with Gasteiger partial charge in [-0.15, -0.1) is 0 Å². The van der Waals surface area contributed by atoms with Crippen molar-refractivity contribution < 1.29 is 49.0 Å². The van der Waals surface area contributed by atoms with Gasteiger partial charge in [-0.2, -0.15) is 0 Å². The summed E-state index contributed by atoms with van der Waals surface area (Å²) in [6.07, 6.45) is 1.01. The first-order valence-electron chi connectivity index (χ1n) is 5.06. The molecule has 1 aliphatic carbocycles. The molecule has 0 saturated heterocycles. The van der Waals surface area contributed by atoms with Crippen LogP contribution in [0.2, 0.25) is 0 Å². The van der Waals surface area contributed by atoms with Crippen molar-refractivity contribution in [2.75, 3.05) is 7.11 Å². The van der Waals surface area contributed by atoms with Crippen LogP contribution in [0.5, 0.6) is 0 Å². The zero-order chi connectivity index (χ0) is 11.9. The van der Waals surface area contributed by atoms with E-state index in [0.29, 0.717) is 12.8 Å². The van der Waals surface area contributed by atoms with Crippen LogP contribution in [0.25, 0.3) is 0 Å². The summed E-state index contributed by atoms with van der Waals surface area (Å²) in [5.41, 5.74) is -1.58. The van der Waals surface area contributed by atoms with Crippen LogP contribution >= 0.6 is 0 Å². The van der Waals surface area contributed by atoms with E-state index in [-0.39, 0.29) is 41.4 Å². The number of methoxy groups -OCH3 is 1. The SMILES string of the molecule is COC(=O)[C@@H]1CC[C@](C)(C(=O)[O-])C1(C)C.[Na+]. The zero-order valence-electron chi connectivity index (χ0n) is 10.6. The molecule has 0 bridgehead atoms. The third-order valence-corrected chi connectivity index (χ3v) is 4.16. The Kier molecular flexibility index (Phi) is 5.05. The molecular formula is C11H17NaO4. The summed E-state index contributed by atoms with van der Waals surface area (Å²) in [5.74, 6) is -1.77. The maximum atomic E-state index is 11.5. The molecule has 0 aromatic heterocycles. The molecule has 0 spiro atoms. The van der Waals surface area contributed by atoms with E-state index in [1.54, 1.807) is 20.8 Å². The predicted molar refractivity (Wildman–Crippen MR) is 51.6 cm³/mol. The molecule has 1 rings (SSSR count). The quantitative estimate of drug-likeness (QED) is 0.388. The van der Waals surface area contributed by atoms with Crippen molar-refractivity contribution in [3.05, 3.63) is 0 Å². The zero-order valence-corrected chi connectivity index (χ0v) is 12.6. The Bertz CT molecular complexity index is 300. The van der Waals surface area contributed by atoms with Gasteiger partial charge >= 0.3 is 35.5 Å². The minimum absolute atomic E-state index is 0. The summed E-state index contributed by atoms with van der Waals surface area (Å²) in [6.45, 7) is 5.22. The summed E-state index contributed by atoms with van der Waals surface area (Å²) in [7, 11) is 1.33. The maximum absolute atomic E-state index is 11.5. The van der Waals surface area contributed by atoms with Crippen molar-refractivity contribution in [2.24, 2.45) is 16.7 Å². The summed E-state index contributed by atoms with van der Waals surface area (Å²) in [6, 6.07) is 0. The maximum Gasteiger partial charge on any atom is 1.00 e. The minimum atomic E-state index is -1.08. The molecule has 86 valence electrons. The normalized spacial score (nSPS) is 31.6. The molecule has 1 saturated carbocycles. The van der Waals surface area contributed by atoms with Gasteiger partial charge in [-0.25, -0.2) is 0 Å². The molecule has 1 fully saturated rings. The van der Waals surface area contributed by atoms with E-state index >= 15 is 0 Å². The Hall–Kier alpha value is -0.0600. The predicted octanol–water partition coefficient (Wildman–Crippen LogP) is -2.64. The molecule has 4 nitrogen and oxygen atoms in total. The first-order valence-corrected chi connectivity index (χ1v) is 5.06. The van der Waals surface area contributed by atoms with Gasteiger partial charge in [0.2, 0.25) is 0 Å². The molecule has 5 heteroatoms. The molecule has 0 amide bonds. The van der Waals surface area contributed by atoms with Crippen LogP contribution in [-0.4, -0.2) is 19.0 Å². The van der Waals surface area contributed by atoms with Crippen molar-refractivity contribution in [3.8, 4) is 0 Å². The van der Waals surface area contributed by atoms with Crippen LogP contribution < -0.4 is 34.7 Å². The van der Waals surface area contributed by atoms with Crippen LogP contribution in [0.4, 0.5) is 0 Å². The van der Waals surface area contributed by atoms with Gasteiger partial charge in [0.25, 0.3) is 0 Å². The number of hydrogen-bond donors (Lipinski definition) is 0. The Balaban J connectivity index is 0.00000225. The molecular weight excluding hydrogens is 219 g/mol. The number of ether oxygens (including phenoxy) is 1. The van der Waals surface area contributed by atoms with Crippen LogP contribution in [0.15, 0.2) is 0 Å². The van der Waals surface area contributed by atoms with Crippen LogP contribution in [0.3, 0.4) is 0 Å². The Labute approximate surface area is 118 Å². The minimum Gasteiger partial charge on any atom is -0.550 e. The fraction of sp³-hybridized carbons (Fsp3) is 0.818. The molecule has 0 N–H and O–H groups in total. The third-order valence-electron chi connectivity index (χ3n) is 4.16. The topological polar surface area (TPSA) is 66.4 Å². The Morgan fingerprint density at radius 2 is 1.81 bits per heavy atom. The number of carboxylic acid groups (broad SMARTS) is 1. The fourth-order valence-corrected chi connectivity index (χ4v) is 2.42.